The predicted molar refractivity (Wildman–Crippen MR) is 45.0 cm³/mol. The van der Waals surface area contributed by atoms with E-state index in [0.717, 1.165) is 6.07 Å². The van der Waals surface area contributed by atoms with Gasteiger partial charge in [0.1, 0.15) is 5.75 Å². The number of H-pyrrole nitrogens is 1. The number of rotatable bonds is 2. The number of hydrogen-bond donors (Lipinski definition) is 1. The Morgan fingerprint density at radius 3 is 2.40 bits per heavy atom. The Morgan fingerprint density at radius 1 is 1.33 bits per heavy atom. The Kier molecular flexibility index (Phi) is 2.92. The third-order valence-electron chi connectivity index (χ3n) is 1.60. The molecule has 1 aromatic rings. The molecule has 0 aromatic carbocycles. The molecule has 0 spiro atoms. The Labute approximate surface area is 82.6 Å². The second kappa shape index (κ2) is 3.84. The molecule has 0 saturated carbocycles. The fraction of sp³-hybridized carbons (Fsp3) is 0.375. The van der Waals surface area contributed by atoms with Crippen LogP contribution in [0, 0.1) is 6.92 Å². The second-order valence-electron chi connectivity index (χ2n) is 2.70. The molecule has 7 heteroatoms. The number of nitrogens with one attached hydrogen (secondary N) is 1. The van der Waals surface area contributed by atoms with Gasteiger partial charge in [-0.05, 0) is 6.92 Å². The number of aromatic nitrogens is 1. The van der Waals surface area contributed by atoms with Crippen LogP contribution in [0.4, 0.5) is 13.2 Å². The number of alkyl halides is 3. The van der Waals surface area contributed by atoms with Gasteiger partial charge in [-0.25, -0.2) is 0 Å². The Hall–Kier alpha value is -1.66. The van der Waals surface area contributed by atoms with Crippen molar-refractivity contribution in [2.45, 2.75) is 13.3 Å². The van der Waals surface area contributed by atoms with Crippen LogP contribution in [0.15, 0.2) is 10.9 Å². The van der Waals surface area contributed by atoms with Crippen LogP contribution < -0.4 is 15.0 Å². The smallest absolute Gasteiger partial charge is 0.495 e. The molecule has 84 valence electrons. The predicted octanol–water partition coefficient (Wildman–Crippen LogP) is 1.59. The summed E-state index contributed by atoms with van der Waals surface area (Å²) in [5, 5.41) is 0. The first-order valence-electron chi connectivity index (χ1n) is 3.87. The first kappa shape index (κ1) is 11.4. The van der Waals surface area contributed by atoms with Crippen molar-refractivity contribution in [3.63, 3.8) is 0 Å². The summed E-state index contributed by atoms with van der Waals surface area (Å²) >= 11 is 0. The van der Waals surface area contributed by atoms with Crippen molar-refractivity contribution in [3.8, 4) is 11.5 Å². The molecular formula is C8H8F3NO3. The number of hydrogen-bond acceptors (Lipinski definition) is 3. The van der Waals surface area contributed by atoms with Crippen molar-refractivity contribution in [3.05, 3.63) is 22.1 Å². The summed E-state index contributed by atoms with van der Waals surface area (Å²) < 4.78 is 43.8. The quantitative estimate of drug-likeness (QED) is 0.828. The van der Waals surface area contributed by atoms with Gasteiger partial charge in [-0.3, -0.25) is 4.79 Å². The van der Waals surface area contributed by atoms with Crippen molar-refractivity contribution in [1.82, 2.24) is 4.98 Å². The average Bonchev–Trinajstić information content (AvgIpc) is 2.07. The van der Waals surface area contributed by atoms with E-state index in [1.165, 1.54) is 14.0 Å². The SMILES string of the molecule is COc1cc(OC(F)(F)F)c(=O)[nH]c1C. The van der Waals surface area contributed by atoms with Gasteiger partial charge in [0.25, 0.3) is 5.56 Å². The molecule has 0 aliphatic rings. The van der Waals surface area contributed by atoms with Gasteiger partial charge in [-0.15, -0.1) is 13.2 Å². The summed E-state index contributed by atoms with van der Waals surface area (Å²) in [4.78, 5) is 13.2. The fourth-order valence-electron chi connectivity index (χ4n) is 0.999. The number of methoxy groups -OCH3 is 1. The molecule has 0 amide bonds. The molecule has 0 bridgehead atoms. The molecule has 1 rings (SSSR count). The number of aryl methyl sites for hydroxylation is 1. The minimum Gasteiger partial charge on any atom is -0.495 e. The third kappa shape index (κ3) is 2.90. The maximum Gasteiger partial charge on any atom is 0.573 e. The summed E-state index contributed by atoms with van der Waals surface area (Å²) in [7, 11) is 1.28. The van der Waals surface area contributed by atoms with Crippen molar-refractivity contribution < 1.29 is 22.6 Å². The van der Waals surface area contributed by atoms with E-state index in [0.29, 0.717) is 5.69 Å². The highest BCUT2D eigenvalue weighted by Crippen LogP contribution is 2.23. The van der Waals surface area contributed by atoms with E-state index < -0.39 is 17.7 Å². The van der Waals surface area contributed by atoms with Crippen molar-refractivity contribution >= 4 is 0 Å². The molecule has 0 fully saturated rings. The van der Waals surface area contributed by atoms with E-state index in [-0.39, 0.29) is 5.75 Å². The van der Waals surface area contributed by atoms with E-state index in [1.54, 1.807) is 0 Å². The third-order valence-corrected chi connectivity index (χ3v) is 1.60. The minimum atomic E-state index is -4.90. The van der Waals surface area contributed by atoms with Gasteiger partial charge in [0, 0.05) is 6.07 Å². The molecular weight excluding hydrogens is 215 g/mol. The Bertz CT molecular complexity index is 411. The van der Waals surface area contributed by atoms with E-state index in [4.69, 9.17) is 4.74 Å². The van der Waals surface area contributed by atoms with Crippen LogP contribution in [0.5, 0.6) is 11.5 Å². The standard InChI is InChI=1S/C8H8F3NO3/c1-4-5(14-2)3-6(7(13)12-4)15-8(9,10)11/h3H,1-2H3,(H,12,13). The van der Waals surface area contributed by atoms with Gasteiger partial charge in [-0.2, -0.15) is 0 Å². The highest BCUT2D eigenvalue weighted by Gasteiger charge is 2.32. The Morgan fingerprint density at radius 2 is 1.93 bits per heavy atom. The normalized spacial score (nSPS) is 11.3. The first-order valence-corrected chi connectivity index (χ1v) is 3.87. The highest BCUT2D eigenvalue weighted by atomic mass is 19.4. The molecule has 0 aliphatic heterocycles. The Balaban J connectivity index is 3.14. The van der Waals surface area contributed by atoms with Crippen LogP contribution >= 0.6 is 0 Å². The molecule has 1 N–H and O–H groups in total. The van der Waals surface area contributed by atoms with Crippen LogP contribution in [-0.2, 0) is 0 Å². The monoisotopic (exact) mass is 223 g/mol. The van der Waals surface area contributed by atoms with E-state index >= 15 is 0 Å². The second-order valence-corrected chi connectivity index (χ2v) is 2.70. The van der Waals surface area contributed by atoms with Gasteiger partial charge in [0.05, 0.1) is 12.8 Å². The molecule has 15 heavy (non-hydrogen) atoms. The number of halogens is 3. The lowest BCUT2D eigenvalue weighted by atomic mass is 10.3. The zero-order valence-electron chi connectivity index (χ0n) is 7.94. The maximum atomic E-state index is 11.8. The van der Waals surface area contributed by atoms with Crippen LogP contribution in [0.3, 0.4) is 0 Å². The van der Waals surface area contributed by atoms with Crippen molar-refractivity contribution in [2.24, 2.45) is 0 Å². The molecule has 1 aromatic heterocycles. The average molecular weight is 223 g/mol. The molecule has 4 nitrogen and oxygen atoms in total. The lowest BCUT2D eigenvalue weighted by molar-refractivity contribution is -0.275. The van der Waals surface area contributed by atoms with Crippen LogP contribution in [-0.4, -0.2) is 18.5 Å². The zero-order valence-corrected chi connectivity index (χ0v) is 7.94. The van der Waals surface area contributed by atoms with E-state index in [9.17, 15) is 18.0 Å². The summed E-state index contributed by atoms with van der Waals surface area (Å²) in [6.07, 6.45) is -4.90. The largest absolute Gasteiger partial charge is 0.573 e. The summed E-state index contributed by atoms with van der Waals surface area (Å²) in [5.74, 6) is -0.723. The van der Waals surface area contributed by atoms with Crippen LogP contribution in [0.2, 0.25) is 0 Å². The minimum absolute atomic E-state index is 0.119. The number of aromatic amines is 1. The van der Waals surface area contributed by atoms with Gasteiger partial charge in [0.15, 0.2) is 5.75 Å². The molecule has 0 aliphatic carbocycles. The topological polar surface area (TPSA) is 51.3 Å². The van der Waals surface area contributed by atoms with Crippen LogP contribution in [0.25, 0.3) is 0 Å². The zero-order chi connectivity index (χ0) is 11.6. The van der Waals surface area contributed by atoms with Crippen molar-refractivity contribution in [2.75, 3.05) is 7.11 Å². The van der Waals surface area contributed by atoms with Gasteiger partial charge < -0.3 is 14.5 Å². The fourth-order valence-corrected chi connectivity index (χ4v) is 0.999. The molecule has 0 atom stereocenters. The lowest BCUT2D eigenvalue weighted by Gasteiger charge is -2.10. The molecule has 0 unspecified atom stereocenters. The maximum absolute atomic E-state index is 11.8. The molecule has 0 radical (unpaired) electrons. The van der Waals surface area contributed by atoms with Gasteiger partial charge >= 0.3 is 6.36 Å². The first-order chi connectivity index (χ1) is 6.83. The van der Waals surface area contributed by atoms with E-state index in [2.05, 4.69) is 9.72 Å². The summed E-state index contributed by atoms with van der Waals surface area (Å²) in [6, 6.07) is 0.891. The lowest BCUT2D eigenvalue weighted by Crippen LogP contribution is -2.23. The number of ether oxygens (including phenoxy) is 2. The van der Waals surface area contributed by atoms with Gasteiger partial charge in [0.2, 0.25) is 0 Å². The van der Waals surface area contributed by atoms with Crippen LogP contribution in [0.1, 0.15) is 5.69 Å². The van der Waals surface area contributed by atoms with Gasteiger partial charge in [-0.1, -0.05) is 0 Å². The van der Waals surface area contributed by atoms with E-state index in [1.807, 2.05) is 0 Å². The van der Waals surface area contributed by atoms with Crippen molar-refractivity contribution in [1.29, 1.82) is 0 Å². The molecule has 1 heterocycles. The summed E-state index contributed by atoms with van der Waals surface area (Å²) in [5.41, 5.74) is -0.623. The summed E-state index contributed by atoms with van der Waals surface area (Å²) in [6.45, 7) is 1.50. The number of pyridine rings is 1. The molecule has 0 saturated heterocycles. The highest BCUT2D eigenvalue weighted by molar-refractivity contribution is 5.34.